The van der Waals surface area contributed by atoms with E-state index in [1.54, 1.807) is 44.6 Å². The first-order valence-corrected chi connectivity index (χ1v) is 15.9. The van der Waals surface area contributed by atoms with Crippen molar-refractivity contribution >= 4 is 40.5 Å². The number of benzene rings is 2. The minimum Gasteiger partial charge on any atom is -0.448 e. The maximum absolute atomic E-state index is 14.0. The van der Waals surface area contributed by atoms with Gasteiger partial charge in [0.05, 0.1) is 16.6 Å². The fourth-order valence-corrected chi connectivity index (χ4v) is 7.03. The van der Waals surface area contributed by atoms with E-state index < -0.39 is 51.9 Å². The van der Waals surface area contributed by atoms with Crippen molar-refractivity contribution in [2.45, 2.75) is 48.8 Å². The van der Waals surface area contributed by atoms with E-state index in [4.69, 9.17) is 9.47 Å². The Morgan fingerprint density at radius 2 is 1.70 bits per heavy atom. The molecule has 1 saturated heterocycles. The van der Waals surface area contributed by atoms with Gasteiger partial charge in [-0.1, -0.05) is 72.4 Å². The highest BCUT2D eigenvalue weighted by Gasteiger charge is 2.57. The Morgan fingerprint density at radius 3 is 2.28 bits per heavy atom. The minimum absolute atomic E-state index is 0.00302. The standard InChI is InChI=1S/C32H31N3O6S2/c1-32(2,3)41-31(38)34-25-28(36)35-26(23(20-43(39)29(25)35)16-18-42-24-15-10-17-33-19-24)30(37)40-27(21-11-6-4-7-12-21)22-13-8-5-9-14-22/h4-19,25,27,29H,20H2,1-3H3,(H,34,38)/b18-16+/t25?,29-,43?/m1/s1. The zero-order chi connectivity index (χ0) is 30.6. The Kier molecular flexibility index (Phi) is 9.12. The number of esters is 1. The molecule has 222 valence electrons. The molecule has 11 heteroatoms. The van der Waals surface area contributed by atoms with Crippen LogP contribution in [0.3, 0.4) is 0 Å². The van der Waals surface area contributed by atoms with Crippen molar-refractivity contribution in [1.82, 2.24) is 15.2 Å². The van der Waals surface area contributed by atoms with E-state index in [-0.39, 0.29) is 11.4 Å². The quantitative estimate of drug-likeness (QED) is 0.211. The Hall–Kier alpha value is -4.22. The van der Waals surface area contributed by atoms with Crippen LogP contribution in [0.1, 0.15) is 38.0 Å². The summed E-state index contributed by atoms with van der Waals surface area (Å²) in [5, 5.41) is 3.34. The van der Waals surface area contributed by atoms with E-state index in [0.29, 0.717) is 5.57 Å². The second kappa shape index (κ2) is 13.0. The highest BCUT2D eigenvalue weighted by molar-refractivity contribution is 8.02. The van der Waals surface area contributed by atoms with Crippen LogP contribution >= 0.6 is 11.8 Å². The predicted octanol–water partition coefficient (Wildman–Crippen LogP) is 5.10. The number of carbonyl (C=O) groups is 3. The van der Waals surface area contributed by atoms with Gasteiger partial charge in [0.1, 0.15) is 22.7 Å². The summed E-state index contributed by atoms with van der Waals surface area (Å²) in [5.41, 5.74) is 1.10. The highest BCUT2D eigenvalue weighted by atomic mass is 32.2. The first-order chi connectivity index (χ1) is 20.6. The molecule has 2 aliphatic rings. The number of thioether (sulfide) groups is 1. The molecule has 0 radical (unpaired) electrons. The van der Waals surface area contributed by atoms with Crippen LogP contribution in [0.2, 0.25) is 0 Å². The first-order valence-electron chi connectivity index (χ1n) is 13.6. The lowest BCUT2D eigenvalue weighted by Gasteiger charge is -2.49. The van der Waals surface area contributed by atoms with Gasteiger partial charge in [-0.2, -0.15) is 0 Å². The summed E-state index contributed by atoms with van der Waals surface area (Å²) in [6.45, 7) is 5.11. The molecule has 1 aromatic heterocycles. The van der Waals surface area contributed by atoms with Crippen LogP contribution in [0, 0.1) is 0 Å². The first kappa shape index (κ1) is 30.2. The average molecular weight is 618 g/mol. The summed E-state index contributed by atoms with van der Waals surface area (Å²) < 4.78 is 24.9. The number of alkyl carbamates (subject to hydrolysis) is 1. The molecule has 2 aliphatic heterocycles. The molecule has 3 heterocycles. The van der Waals surface area contributed by atoms with Crippen molar-refractivity contribution in [2.24, 2.45) is 0 Å². The average Bonchev–Trinajstić information content (AvgIpc) is 2.99. The van der Waals surface area contributed by atoms with Gasteiger partial charge in [0.25, 0.3) is 5.91 Å². The van der Waals surface area contributed by atoms with Crippen LogP contribution < -0.4 is 5.32 Å². The number of pyridine rings is 1. The molecule has 9 nitrogen and oxygen atoms in total. The zero-order valence-corrected chi connectivity index (χ0v) is 25.5. The van der Waals surface area contributed by atoms with E-state index >= 15 is 0 Å². The van der Waals surface area contributed by atoms with Crippen LogP contribution in [0.4, 0.5) is 4.79 Å². The SMILES string of the molecule is CC(C)(C)OC(=O)NC1C(=O)N2C(C(=O)OC(c3ccccc3)c3ccccc3)=C(/C=C/Sc3cccnc3)CS(=O)[C@H]12. The lowest BCUT2D eigenvalue weighted by Crippen LogP contribution is -2.73. The van der Waals surface area contributed by atoms with Crippen molar-refractivity contribution in [2.75, 3.05) is 5.75 Å². The largest absolute Gasteiger partial charge is 0.448 e. The van der Waals surface area contributed by atoms with Gasteiger partial charge in [-0.3, -0.25) is 18.9 Å². The molecule has 1 N–H and O–H groups in total. The van der Waals surface area contributed by atoms with Crippen LogP contribution in [-0.2, 0) is 29.9 Å². The van der Waals surface area contributed by atoms with Gasteiger partial charge in [0, 0.05) is 17.3 Å². The molecule has 2 unspecified atom stereocenters. The number of hydrogen-bond acceptors (Lipinski definition) is 8. The molecular weight excluding hydrogens is 587 g/mol. The van der Waals surface area contributed by atoms with Gasteiger partial charge in [-0.05, 0) is 61.1 Å². The number of amides is 2. The van der Waals surface area contributed by atoms with Crippen molar-refractivity contribution in [3.05, 3.63) is 119 Å². The Morgan fingerprint density at radius 1 is 1.05 bits per heavy atom. The topological polar surface area (TPSA) is 115 Å². The molecule has 0 spiro atoms. The molecule has 0 aliphatic carbocycles. The Bertz CT molecular complexity index is 1530. The van der Waals surface area contributed by atoms with Crippen LogP contribution in [0.5, 0.6) is 0 Å². The van der Waals surface area contributed by atoms with Gasteiger partial charge in [0.2, 0.25) is 0 Å². The van der Waals surface area contributed by atoms with E-state index in [0.717, 1.165) is 16.0 Å². The van der Waals surface area contributed by atoms with Crippen molar-refractivity contribution in [3.63, 3.8) is 0 Å². The van der Waals surface area contributed by atoms with Crippen molar-refractivity contribution in [3.8, 4) is 0 Å². The third-order valence-electron chi connectivity index (χ3n) is 6.56. The summed E-state index contributed by atoms with van der Waals surface area (Å²) in [7, 11) is -1.62. The van der Waals surface area contributed by atoms with E-state index in [9.17, 15) is 18.6 Å². The number of rotatable bonds is 8. The molecule has 43 heavy (non-hydrogen) atoms. The van der Waals surface area contributed by atoms with E-state index in [1.165, 1.54) is 16.7 Å². The Labute approximate surface area is 256 Å². The zero-order valence-electron chi connectivity index (χ0n) is 23.8. The number of fused-ring (bicyclic) bond motifs is 1. The monoisotopic (exact) mass is 617 g/mol. The molecule has 2 amide bonds. The number of β-lactam (4-membered cyclic amide) rings is 1. The van der Waals surface area contributed by atoms with Gasteiger partial charge in [-0.15, -0.1) is 0 Å². The minimum atomic E-state index is -1.62. The maximum atomic E-state index is 14.0. The molecule has 3 aromatic rings. The number of nitrogens with zero attached hydrogens (tertiary/aromatic N) is 2. The number of hydrogen-bond donors (Lipinski definition) is 1. The number of ether oxygens (including phenoxy) is 2. The highest BCUT2D eigenvalue weighted by Crippen LogP contribution is 2.38. The predicted molar refractivity (Wildman–Crippen MR) is 164 cm³/mol. The maximum Gasteiger partial charge on any atom is 0.408 e. The van der Waals surface area contributed by atoms with E-state index in [2.05, 4.69) is 10.3 Å². The second-order valence-electron chi connectivity index (χ2n) is 10.8. The molecule has 1 fully saturated rings. The number of nitrogens with one attached hydrogen (secondary N) is 1. The lowest BCUT2D eigenvalue weighted by atomic mass is 10.0. The molecule has 2 aromatic carbocycles. The van der Waals surface area contributed by atoms with Gasteiger partial charge < -0.3 is 14.8 Å². The summed E-state index contributed by atoms with van der Waals surface area (Å²) in [6, 6.07) is 21.2. The summed E-state index contributed by atoms with van der Waals surface area (Å²) in [6.07, 6.45) is 3.48. The smallest absolute Gasteiger partial charge is 0.408 e. The molecular formula is C32H31N3O6S2. The van der Waals surface area contributed by atoms with Crippen LogP contribution in [0.25, 0.3) is 0 Å². The molecule has 0 saturated carbocycles. The number of allylic oxidation sites excluding steroid dienone is 1. The lowest BCUT2D eigenvalue weighted by molar-refractivity contribution is -0.153. The van der Waals surface area contributed by atoms with Crippen molar-refractivity contribution in [1.29, 1.82) is 0 Å². The molecule has 3 atom stereocenters. The van der Waals surface area contributed by atoms with Gasteiger partial charge in [-0.25, -0.2) is 9.59 Å². The van der Waals surface area contributed by atoms with E-state index in [1.807, 2.05) is 72.8 Å². The van der Waals surface area contributed by atoms with Crippen LogP contribution in [-0.4, -0.2) is 54.8 Å². The summed E-state index contributed by atoms with van der Waals surface area (Å²) >= 11 is 1.37. The fraction of sp³-hybridized carbons (Fsp3) is 0.250. The fourth-order valence-electron chi connectivity index (χ4n) is 4.72. The summed E-state index contributed by atoms with van der Waals surface area (Å²) in [5.74, 6) is -1.33. The molecule has 5 rings (SSSR count). The molecule has 0 bridgehead atoms. The Balaban J connectivity index is 1.48. The van der Waals surface area contributed by atoms with Gasteiger partial charge in [0.15, 0.2) is 6.10 Å². The third kappa shape index (κ3) is 7.06. The third-order valence-corrected chi connectivity index (χ3v) is 8.96. The number of carbonyl (C=O) groups excluding carboxylic acids is 3. The van der Waals surface area contributed by atoms with Crippen LogP contribution in [0.15, 0.2) is 113 Å². The number of aromatic nitrogens is 1. The normalized spacial score (nSPS) is 20.0. The van der Waals surface area contributed by atoms with Gasteiger partial charge >= 0.3 is 12.1 Å². The second-order valence-corrected chi connectivity index (χ2v) is 13.4. The van der Waals surface area contributed by atoms with Crippen molar-refractivity contribution < 1.29 is 28.1 Å². The summed E-state index contributed by atoms with van der Waals surface area (Å²) in [4.78, 5) is 46.1.